The number of benzene rings is 1. The summed E-state index contributed by atoms with van der Waals surface area (Å²) < 4.78 is 11.3. The molecule has 0 saturated carbocycles. The molecule has 0 aliphatic carbocycles. The molecule has 1 aliphatic heterocycles. The van der Waals surface area contributed by atoms with E-state index in [1.54, 1.807) is 7.11 Å². The summed E-state index contributed by atoms with van der Waals surface area (Å²) in [6.45, 7) is 0.833. The largest absolute Gasteiger partial charge is 0.497 e. The van der Waals surface area contributed by atoms with Gasteiger partial charge in [-0.1, -0.05) is 15.9 Å². The van der Waals surface area contributed by atoms with Gasteiger partial charge >= 0.3 is 0 Å². The van der Waals surface area contributed by atoms with Crippen LogP contribution >= 0.6 is 15.9 Å². The molecule has 2 nitrogen and oxygen atoms in total. The minimum Gasteiger partial charge on any atom is -0.497 e. The SMILES string of the molecule is COc1cc(Br)cc(C2CO2)c1. The van der Waals surface area contributed by atoms with Crippen LogP contribution in [0.5, 0.6) is 5.75 Å². The predicted molar refractivity (Wildman–Crippen MR) is 49.4 cm³/mol. The van der Waals surface area contributed by atoms with Crippen molar-refractivity contribution in [2.75, 3.05) is 13.7 Å². The molecule has 1 atom stereocenters. The Labute approximate surface area is 79.6 Å². The van der Waals surface area contributed by atoms with Gasteiger partial charge < -0.3 is 9.47 Å². The lowest BCUT2D eigenvalue weighted by Gasteiger charge is -2.02. The Hall–Kier alpha value is -0.540. The van der Waals surface area contributed by atoms with Crippen LogP contribution < -0.4 is 4.74 Å². The molecule has 3 heteroatoms. The molecule has 0 N–H and O–H groups in total. The fraction of sp³-hybridized carbons (Fsp3) is 0.333. The van der Waals surface area contributed by atoms with E-state index in [1.165, 1.54) is 5.56 Å². The summed E-state index contributed by atoms with van der Waals surface area (Å²) in [5, 5.41) is 0. The van der Waals surface area contributed by atoms with Crippen LogP contribution in [0.1, 0.15) is 11.7 Å². The van der Waals surface area contributed by atoms with E-state index >= 15 is 0 Å². The van der Waals surface area contributed by atoms with Crippen molar-refractivity contribution in [3.8, 4) is 5.75 Å². The molecule has 1 aromatic rings. The highest BCUT2D eigenvalue weighted by molar-refractivity contribution is 9.10. The van der Waals surface area contributed by atoms with Crippen molar-refractivity contribution in [1.29, 1.82) is 0 Å². The molecule has 1 fully saturated rings. The number of methoxy groups -OCH3 is 1. The van der Waals surface area contributed by atoms with Gasteiger partial charge in [0.15, 0.2) is 0 Å². The van der Waals surface area contributed by atoms with Crippen molar-refractivity contribution in [3.63, 3.8) is 0 Å². The van der Waals surface area contributed by atoms with Gasteiger partial charge in [0.1, 0.15) is 11.9 Å². The maximum Gasteiger partial charge on any atom is 0.120 e. The van der Waals surface area contributed by atoms with Crippen molar-refractivity contribution in [2.45, 2.75) is 6.10 Å². The van der Waals surface area contributed by atoms with Gasteiger partial charge in [-0.3, -0.25) is 0 Å². The van der Waals surface area contributed by atoms with Gasteiger partial charge in [0.05, 0.1) is 13.7 Å². The average Bonchev–Trinajstić information content (AvgIpc) is 2.85. The monoisotopic (exact) mass is 228 g/mol. The van der Waals surface area contributed by atoms with Gasteiger partial charge in [-0.25, -0.2) is 0 Å². The van der Waals surface area contributed by atoms with E-state index in [0.717, 1.165) is 16.8 Å². The summed E-state index contributed by atoms with van der Waals surface area (Å²) in [6, 6.07) is 5.99. The van der Waals surface area contributed by atoms with Crippen LogP contribution in [-0.4, -0.2) is 13.7 Å². The number of halogens is 1. The van der Waals surface area contributed by atoms with Crippen LogP contribution in [0.25, 0.3) is 0 Å². The maximum atomic E-state index is 5.17. The van der Waals surface area contributed by atoms with Crippen molar-refractivity contribution < 1.29 is 9.47 Å². The first-order valence-corrected chi connectivity index (χ1v) is 4.55. The summed E-state index contributed by atoms with van der Waals surface area (Å²) in [5.74, 6) is 0.870. The first-order chi connectivity index (χ1) is 5.79. The molecule has 0 spiro atoms. The van der Waals surface area contributed by atoms with Crippen molar-refractivity contribution >= 4 is 15.9 Å². The van der Waals surface area contributed by atoms with E-state index in [9.17, 15) is 0 Å². The van der Waals surface area contributed by atoms with Crippen molar-refractivity contribution in [1.82, 2.24) is 0 Å². The summed E-state index contributed by atoms with van der Waals surface area (Å²) in [4.78, 5) is 0. The molecular weight excluding hydrogens is 220 g/mol. The molecule has 1 unspecified atom stereocenters. The Bertz CT molecular complexity index is 295. The first kappa shape index (κ1) is 8.08. The predicted octanol–water partition coefficient (Wildman–Crippen LogP) is 2.53. The van der Waals surface area contributed by atoms with E-state index < -0.39 is 0 Å². The molecule has 2 rings (SSSR count). The summed E-state index contributed by atoms with van der Waals surface area (Å²) in [6.07, 6.45) is 0.288. The highest BCUT2D eigenvalue weighted by Gasteiger charge is 2.25. The standard InChI is InChI=1S/C9H9BrO2/c1-11-8-3-6(9-5-12-9)2-7(10)4-8/h2-4,9H,5H2,1H3. The van der Waals surface area contributed by atoms with Gasteiger partial charge in [-0.05, 0) is 23.8 Å². The zero-order valence-electron chi connectivity index (χ0n) is 6.71. The Morgan fingerprint density at radius 1 is 1.50 bits per heavy atom. The third kappa shape index (κ3) is 1.62. The second-order valence-electron chi connectivity index (χ2n) is 2.75. The smallest absolute Gasteiger partial charge is 0.120 e. The average molecular weight is 229 g/mol. The van der Waals surface area contributed by atoms with Crippen LogP contribution in [0.3, 0.4) is 0 Å². The highest BCUT2D eigenvalue weighted by atomic mass is 79.9. The van der Waals surface area contributed by atoms with Crippen molar-refractivity contribution in [2.24, 2.45) is 0 Å². The second kappa shape index (κ2) is 3.07. The van der Waals surface area contributed by atoms with Crippen LogP contribution in [0, 0.1) is 0 Å². The molecule has 1 aromatic carbocycles. The number of hydrogen-bond donors (Lipinski definition) is 0. The van der Waals surface area contributed by atoms with Crippen molar-refractivity contribution in [3.05, 3.63) is 28.2 Å². The molecule has 0 aromatic heterocycles. The van der Waals surface area contributed by atoms with E-state index in [-0.39, 0.29) is 6.10 Å². The fourth-order valence-corrected chi connectivity index (χ4v) is 1.62. The van der Waals surface area contributed by atoms with Gasteiger partial charge in [-0.2, -0.15) is 0 Å². The van der Waals surface area contributed by atoms with Gasteiger partial charge in [0, 0.05) is 4.47 Å². The Kier molecular flexibility index (Phi) is 2.07. The lowest BCUT2D eigenvalue weighted by Crippen LogP contribution is -1.86. The maximum absolute atomic E-state index is 5.17. The second-order valence-corrected chi connectivity index (χ2v) is 3.66. The Morgan fingerprint density at radius 2 is 2.25 bits per heavy atom. The summed E-state index contributed by atoms with van der Waals surface area (Å²) in [5.41, 5.74) is 1.18. The minimum atomic E-state index is 0.288. The molecule has 12 heavy (non-hydrogen) atoms. The minimum absolute atomic E-state index is 0.288. The zero-order valence-corrected chi connectivity index (χ0v) is 8.30. The third-order valence-corrected chi connectivity index (χ3v) is 2.29. The van der Waals surface area contributed by atoms with E-state index in [4.69, 9.17) is 9.47 Å². The van der Waals surface area contributed by atoms with Gasteiger partial charge in [0.25, 0.3) is 0 Å². The van der Waals surface area contributed by atoms with Crippen LogP contribution in [-0.2, 0) is 4.74 Å². The summed E-state index contributed by atoms with van der Waals surface area (Å²) >= 11 is 3.41. The topological polar surface area (TPSA) is 21.8 Å². The molecule has 0 amide bonds. The molecule has 1 heterocycles. The third-order valence-electron chi connectivity index (χ3n) is 1.83. The summed E-state index contributed by atoms with van der Waals surface area (Å²) in [7, 11) is 1.67. The molecular formula is C9H9BrO2. The fourth-order valence-electron chi connectivity index (χ4n) is 1.13. The van der Waals surface area contributed by atoms with Crippen LogP contribution in [0.15, 0.2) is 22.7 Å². The molecule has 1 aliphatic rings. The Balaban J connectivity index is 2.34. The van der Waals surface area contributed by atoms with E-state index in [1.807, 2.05) is 12.1 Å². The lowest BCUT2D eigenvalue weighted by molar-refractivity contribution is 0.404. The van der Waals surface area contributed by atoms with E-state index in [0.29, 0.717) is 0 Å². The first-order valence-electron chi connectivity index (χ1n) is 3.75. The number of rotatable bonds is 2. The number of ether oxygens (including phenoxy) is 2. The molecule has 64 valence electrons. The molecule has 1 saturated heterocycles. The highest BCUT2D eigenvalue weighted by Crippen LogP contribution is 2.33. The van der Waals surface area contributed by atoms with Gasteiger partial charge in [-0.15, -0.1) is 0 Å². The Morgan fingerprint density at radius 3 is 2.83 bits per heavy atom. The zero-order chi connectivity index (χ0) is 8.55. The van der Waals surface area contributed by atoms with E-state index in [2.05, 4.69) is 22.0 Å². The van der Waals surface area contributed by atoms with Gasteiger partial charge in [0.2, 0.25) is 0 Å². The molecule has 0 bridgehead atoms. The van der Waals surface area contributed by atoms with Crippen LogP contribution in [0.4, 0.5) is 0 Å². The quantitative estimate of drug-likeness (QED) is 0.727. The lowest BCUT2D eigenvalue weighted by atomic mass is 10.1. The molecule has 0 radical (unpaired) electrons. The number of hydrogen-bond acceptors (Lipinski definition) is 2. The van der Waals surface area contributed by atoms with Crippen LogP contribution in [0.2, 0.25) is 0 Å². The normalized spacial score (nSPS) is 20.7. The number of epoxide rings is 1.